The van der Waals surface area contributed by atoms with E-state index in [0.29, 0.717) is 6.04 Å². The van der Waals surface area contributed by atoms with Gasteiger partial charge < -0.3 is 14.3 Å². The van der Waals surface area contributed by atoms with Gasteiger partial charge in [-0.3, -0.25) is 4.90 Å². The molecule has 0 bridgehead atoms. The van der Waals surface area contributed by atoms with Gasteiger partial charge in [-0.15, -0.1) is 0 Å². The predicted molar refractivity (Wildman–Crippen MR) is 79.2 cm³/mol. The number of aliphatic hydroxyl groups excluding tert-OH is 1. The van der Waals surface area contributed by atoms with Gasteiger partial charge in [-0.25, -0.2) is 4.79 Å². The van der Waals surface area contributed by atoms with Gasteiger partial charge in [-0.1, -0.05) is 0 Å². The molecule has 0 aromatic carbocycles. The molecule has 0 amide bonds. The van der Waals surface area contributed by atoms with Crippen molar-refractivity contribution < 1.29 is 19.1 Å². The van der Waals surface area contributed by atoms with Crippen LogP contribution in [-0.4, -0.2) is 41.8 Å². The second-order valence-corrected chi connectivity index (χ2v) is 5.95. The van der Waals surface area contributed by atoms with Gasteiger partial charge in [-0.2, -0.15) is 0 Å². The first-order valence-electron chi connectivity index (χ1n) is 7.56. The Morgan fingerprint density at radius 3 is 2.90 bits per heavy atom. The van der Waals surface area contributed by atoms with Crippen molar-refractivity contribution in [2.45, 2.75) is 58.2 Å². The van der Waals surface area contributed by atoms with Gasteiger partial charge in [-0.05, 0) is 52.6 Å². The minimum Gasteiger partial charge on any atom is -0.463 e. The molecule has 1 aromatic rings. The highest BCUT2D eigenvalue weighted by Gasteiger charge is 2.32. The molecule has 1 fully saturated rings. The largest absolute Gasteiger partial charge is 0.463 e. The minimum absolute atomic E-state index is 0.0911. The van der Waals surface area contributed by atoms with Crippen LogP contribution in [0, 0.1) is 6.92 Å². The van der Waals surface area contributed by atoms with E-state index in [1.54, 1.807) is 0 Å². The van der Waals surface area contributed by atoms with Crippen LogP contribution in [-0.2, 0) is 4.74 Å². The zero-order valence-corrected chi connectivity index (χ0v) is 13.3. The summed E-state index contributed by atoms with van der Waals surface area (Å²) in [5.41, 5.74) is 0.801. The second-order valence-electron chi connectivity index (χ2n) is 5.95. The smallest absolute Gasteiger partial charge is 0.374 e. The third-order valence-corrected chi connectivity index (χ3v) is 4.25. The van der Waals surface area contributed by atoms with Crippen molar-refractivity contribution in [3.63, 3.8) is 0 Å². The Balaban J connectivity index is 2.15. The molecule has 5 heteroatoms. The number of carbonyl (C=O) groups is 1. The normalized spacial score (nSPS) is 22.2. The lowest BCUT2D eigenvalue weighted by Crippen LogP contribution is -2.34. The fourth-order valence-corrected chi connectivity index (χ4v) is 3.19. The van der Waals surface area contributed by atoms with Crippen molar-refractivity contribution in [2.75, 3.05) is 13.7 Å². The molecule has 3 atom stereocenters. The van der Waals surface area contributed by atoms with Gasteiger partial charge >= 0.3 is 5.97 Å². The summed E-state index contributed by atoms with van der Waals surface area (Å²) in [6.07, 6.45) is 2.70. The number of ether oxygens (including phenoxy) is 1. The van der Waals surface area contributed by atoms with E-state index in [1.807, 2.05) is 19.9 Å². The van der Waals surface area contributed by atoms with E-state index in [1.165, 1.54) is 7.11 Å². The number of esters is 1. The Morgan fingerprint density at radius 2 is 2.29 bits per heavy atom. The average Bonchev–Trinajstić information content (AvgIpc) is 3.03. The number of hydrogen-bond acceptors (Lipinski definition) is 5. The summed E-state index contributed by atoms with van der Waals surface area (Å²) in [5.74, 6) is 0.629. The molecule has 5 nitrogen and oxygen atoms in total. The number of methoxy groups -OCH3 is 1. The number of rotatable bonds is 5. The van der Waals surface area contributed by atoms with Gasteiger partial charge in [0.1, 0.15) is 5.76 Å². The van der Waals surface area contributed by atoms with Crippen LogP contribution in [0.15, 0.2) is 10.5 Å². The van der Waals surface area contributed by atoms with E-state index >= 15 is 0 Å². The van der Waals surface area contributed by atoms with E-state index < -0.39 is 5.97 Å². The maximum absolute atomic E-state index is 11.6. The van der Waals surface area contributed by atoms with Crippen molar-refractivity contribution in [1.29, 1.82) is 0 Å². The van der Waals surface area contributed by atoms with Gasteiger partial charge in [0, 0.05) is 11.6 Å². The molecular formula is C16H25NO4. The molecule has 21 heavy (non-hydrogen) atoms. The first-order chi connectivity index (χ1) is 9.93. The molecule has 1 aromatic heterocycles. The number of aliphatic hydroxyl groups is 1. The third-order valence-electron chi connectivity index (χ3n) is 4.25. The first kappa shape index (κ1) is 16.0. The Morgan fingerprint density at radius 1 is 1.57 bits per heavy atom. The van der Waals surface area contributed by atoms with Gasteiger partial charge in [0.25, 0.3) is 0 Å². The summed E-state index contributed by atoms with van der Waals surface area (Å²) in [5, 5.41) is 9.62. The number of likely N-dealkylation sites (tertiary alicyclic amines) is 1. The van der Waals surface area contributed by atoms with Crippen LogP contribution >= 0.6 is 0 Å². The molecular weight excluding hydrogens is 270 g/mol. The van der Waals surface area contributed by atoms with Crippen LogP contribution < -0.4 is 0 Å². The number of carbonyl (C=O) groups excluding carboxylic acids is 1. The molecule has 118 valence electrons. The van der Waals surface area contributed by atoms with Crippen LogP contribution in [0.4, 0.5) is 0 Å². The van der Waals surface area contributed by atoms with Crippen molar-refractivity contribution >= 4 is 5.97 Å². The molecule has 2 heterocycles. The third kappa shape index (κ3) is 3.47. The average molecular weight is 295 g/mol. The number of aryl methyl sites for hydroxylation is 1. The molecule has 1 saturated heterocycles. The topological polar surface area (TPSA) is 62.9 Å². The Hall–Kier alpha value is -1.33. The number of nitrogens with zero attached hydrogens (tertiary/aromatic N) is 1. The highest BCUT2D eigenvalue weighted by molar-refractivity contribution is 5.87. The molecule has 0 saturated carbocycles. The van der Waals surface area contributed by atoms with Crippen molar-refractivity contribution in [3.05, 3.63) is 23.2 Å². The summed E-state index contributed by atoms with van der Waals surface area (Å²) in [6, 6.07) is 2.37. The lowest BCUT2D eigenvalue weighted by Gasteiger charge is -2.30. The SMILES string of the molecule is COC(=O)c1oc(C(C)N2CCCC2CC(C)O)cc1C. The maximum Gasteiger partial charge on any atom is 0.374 e. The van der Waals surface area contributed by atoms with Crippen LogP contribution in [0.25, 0.3) is 0 Å². The Kier molecular flexibility index (Phi) is 5.06. The van der Waals surface area contributed by atoms with E-state index in [0.717, 1.165) is 37.1 Å². The highest BCUT2D eigenvalue weighted by atomic mass is 16.5. The standard InChI is InChI=1S/C16H25NO4/c1-10-8-14(21-15(10)16(19)20-4)12(3)17-7-5-6-13(17)9-11(2)18/h8,11-13,18H,5-7,9H2,1-4H3. The van der Waals surface area contributed by atoms with Crippen LogP contribution in [0.5, 0.6) is 0 Å². The molecule has 0 spiro atoms. The second kappa shape index (κ2) is 6.62. The minimum atomic E-state index is -0.437. The van der Waals surface area contributed by atoms with Crippen LogP contribution in [0.1, 0.15) is 61.0 Å². The zero-order chi connectivity index (χ0) is 15.6. The zero-order valence-electron chi connectivity index (χ0n) is 13.3. The summed E-state index contributed by atoms with van der Waals surface area (Å²) in [7, 11) is 1.35. The lowest BCUT2D eigenvalue weighted by atomic mass is 10.1. The van der Waals surface area contributed by atoms with Crippen molar-refractivity contribution in [3.8, 4) is 0 Å². The maximum atomic E-state index is 11.6. The fourth-order valence-electron chi connectivity index (χ4n) is 3.19. The summed E-state index contributed by atoms with van der Waals surface area (Å²) < 4.78 is 10.4. The molecule has 0 radical (unpaired) electrons. The van der Waals surface area contributed by atoms with Gasteiger partial charge in [0.2, 0.25) is 5.76 Å². The quantitative estimate of drug-likeness (QED) is 0.846. The number of furan rings is 1. The van der Waals surface area contributed by atoms with E-state index in [2.05, 4.69) is 11.8 Å². The molecule has 1 aliphatic heterocycles. The van der Waals surface area contributed by atoms with Gasteiger partial charge in [0.05, 0.1) is 19.3 Å². The van der Waals surface area contributed by atoms with Crippen LogP contribution in [0.2, 0.25) is 0 Å². The van der Waals surface area contributed by atoms with Crippen LogP contribution in [0.3, 0.4) is 0 Å². The first-order valence-corrected chi connectivity index (χ1v) is 7.56. The monoisotopic (exact) mass is 295 g/mol. The van der Waals surface area contributed by atoms with Crippen molar-refractivity contribution in [1.82, 2.24) is 4.90 Å². The molecule has 3 unspecified atom stereocenters. The summed E-state index contributed by atoms with van der Waals surface area (Å²) in [4.78, 5) is 14.0. The number of hydrogen-bond donors (Lipinski definition) is 1. The molecule has 1 aliphatic rings. The van der Waals surface area contributed by atoms with Crippen molar-refractivity contribution in [2.24, 2.45) is 0 Å². The van der Waals surface area contributed by atoms with E-state index in [-0.39, 0.29) is 17.9 Å². The molecule has 0 aliphatic carbocycles. The summed E-state index contributed by atoms with van der Waals surface area (Å²) in [6.45, 7) is 6.75. The predicted octanol–water partition coefficient (Wildman–Crippen LogP) is 2.67. The fraction of sp³-hybridized carbons (Fsp3) is 0.688. The lowest BCUT2D eigenvalue weighted by molar-refractivity contribution is 0.0555. The molecule has 1 N–H and O–H groups in total. The van der Waals surface area contributed by atoms with E-state index in [9.17, 15) is 9.90 Å². The van der Waals surface area contributed by atoms with Gasteiger partial charge in [0.15, 0.2) is 0 Å². The highest BCUT2D eigenvalue weighted by Crippen LogP contribution is 2.33. The molecule has 2 rings (SSSR count). The Bertz CT molecular complexity index is 494. The summed E-state index contributed by atoms with van der Waals surface area (Å²) >= 11 is 0. The Labute approximate surface area is 125 Å². The van der Waals surface area contributed by atoms with E-state index in [4.69, 9.17) is 9.15 Å².